The number of ether oxygens (including phenoxy) is 2. The molecule has 0 aliphatic carbocycles. The molecule has 8 heteroatoms. The van der Waals surface area contributed by atoms with Gasteiger partial charge in [0.15, 0.2) is 11.9 Å². The summed E-state index contributed by atoms with van der Waals surface area (Å²) in [6, 6.07) is 14.0. The van der Waals surface area contributed by atoms with Crippen molar-refractivity contribution in [2.75, 3.05) is 6.61 Å². The van der Waals surface area contributed by atoms with Gasteiger partial charge < -0.3 is 9.47 Å². The maximum atomic E-state index is 13.1. The number of carbonyl (C=O) groups excluding carboxylic acids is 1. The normalized spacial score (nSPS) is 16.0. The summed E-state index contributed by atoms with van der Waals surface area (Å²) in [5.41, 5.74) is 4.05. The van der Waals surface area contributed by atoms with E-state index in [1.54, 1.807) is 11.1 Å². The van der Waals surface area contributed by atoms with Crippen molar-refractivity contribution in [2.45, 2.75) is 65.0 Å². The van der Waals surface area contributed by atoms with Crippen LogP contribution in [-0.2, 0) is 22.6 Å². The van der Waals surface area contributed by atoms with Crippen LogP contribution in [0.1, 0.15) is 57.4 Å². The molecule has 4 aromatic rings. The monoisotopic (exact) mass is 499 g/mol. The van der Waals surface area contributed by atoms with Crippen LogP contribution in [0.25, 0.3) is 22.2 Å². The van der Waals surface area contributed by atoms with Crippen molar-refractivity contribution in [1.29, 1.82) is 0 Å². The summed E-state index contributed by atoms with van der Waals surface area (Å²) in [6.07, 6.45) is 10.0. The second-order valence-corrected chi connectivity index (χ2v) is 10.5. The third-order valence-corrected chi connectivity index (χ3v) is 6.23. The Balaban J connectivity index is 1.38. The van der Waals surface area contributed by atoms with Gasteiger partial charge in [-0.15, -0.1) is 0 Å². The predicted molar refractivity (Wildman–Crippen MR) is 142 cm³/mol. The van der Waals surface area contributed by atoms with E-state index < -0.39 is 5.60 Å². The van der Waals surface area contributed by atoms with E-state index in [0.29, 0.717) is 13.1 Å². The Morgan fingerprint density at radius 1 is 1.03 bits per heavy atom. The lowest BCUT2D eigenvalue weighted by Gasteiger charge is -2.27. The zero-order valence-electron chi connectivity index (χ0n) is 21.6. The molecule has 0 saturated carbocycles. The number of amides is 1. The summed E-state index contributed by atoms with van der Waals surface area (Å²) >= 11 is 0. The highest BCUT2D eigenvalue weighted by molar-refractivity contribution is 5.80. The average molecular weight is 500 g/mol. The highest BCUT2D eigenvalue weighted by Gasteiger charge is 2.23. The number of hydrogen-bond acceptors (Lipinski definition) is 6. The van der Waals surface area contributed by atoms with Crippen molar-refractivity contribution in [2.24, 2.45) is 0 Å². The summed E-state index contributed by atoms with van der Waals surface area (Å²) in [5.74, 6) is 0. The van der Waals surface area contributed by atoms with E-state index in [1.807, 2.05) is 80.4 Å². The highest BCUT2D eigenvalue weighted by Crippen LogP contribution is 2.28. The van der Waals surface area contributed by atoms with E-state index in [4.69, 9.17) is 14.5 Å². The van der Waals surface area contributed by atoms with Gasteiger partial charge in [0.25, 0.3) is 0 Å². The first kappa shape index (κ1) is 24.9. The average Bonchev–Trinajstić information content (AvgIpc) is 3.32. The van der Waals surface area contributed by atoms with E-state index in [9.17, 15) is 4.79 Å². The molecule has 0 N–H and O–H groups in total. The lowest BCUT2D eigenvalue weighted by molar-refractivity contribution is -0.0370. The van der Waals surface area contributed by atoms with Gasteiger partial charge in [0.2, 0.25) is 0 Å². The molecule has 0 radical (unpaired) electrons. The molecule has 4 heterocycles. The molecular formula is C29H33N5O3. The van der Waals surface area contributed by atoms with Gasteiger partial charge in [0.1, 0.15) is 5.60 Å². The summed E-state index contributed by atoms with van der Waals surface area (Å²) in [4.78, 5) is 23.9. The van der Waals surface area contributed by atoms with E-state index in [2.05, 4.69) is 16.1 Å². The molecule has 1 aliphatic heterocycles. The molecule has 1 fully saturated rings. The van der Waals surface area contributed by atoms with Crippen LogP contribution in [0.15, 0.2) is 67.3 Å². The molecule has 0 bridgehead atoms. The van der Waals surface area contributed by atoms with Gasteiger partial charge in [-0.25, -0.2) is 14.5 Å². The van der Waals surface area contributed by atoms with E-state index in [0.717, 1.165) is 59.2 Å². The number of nitrogens with zero attached hydrogens (tertiary/aromatic N) is 5. The standard InChI is InChI=1S/C29H33N5O3/c1-29(2,3)37-28(35)33(19-21-9-5-4-6-10-21)20-22-13-23(16-30-15-22)24-14-25-18-32-34(27(25)31-17-24)26-11-7-8-12-36-26/h4-6,9-10,13-18,26H,7-8,11-12,19-20H2,1-3H3. The first-order valence-corrected chi connectivity index (χ1v) is 12.8. The van der Waals surface area contributed by atoms with Crippen molar-refractivity contribution < 1.29 is 14.3 Å². The molecule has 192 valence electrons. The van der Waals surface area contributed by atoms with Gasteiger partial charge >= 0.3 is 6.09 Å². The van der Waals surface area contributed by atoms with Gasteiger partial charge in [-0.3, -0.25) is 9.88 Å². The van der Waals surface area contributed by atoms with Gasteiger partial charge in [0.05, 0.1) is 12.7 Å². The second-order valence-electron chi connectivity index (χ2n) is 10.5. The number of pyridine rings is 2. The number of fused-ring (bicyclic) bond motifs is 1. The number of aromatic nitrogens is 4. The third kappa shape index (κ3) is 6.14. The number of carbonyl (C=O) groups is 1. The molecule has 3 aromatic heterocycles. The van der Waals surface area contributed by atoms with Crippen LogP contribution in [0.3, 0.4) is 0 Å². The number of hydrogen-bond donors (Lipinski definition) is 0. The first-order chi connectivity index (χ1) is 17.9. The fraction of sp³-hybridized carbons (Fsp3) is 0.379. The van der Waals surface area contributed by atoms with Crippen LogP contribution in [0, 0.1) is 0 Å². The Hall–Kier alpha value is -3.78. The molecule has 1 unspecified atom stereocenters. The Bertz CT molecular complexity index is 1360. The molecule has 1 atom stereocenters. The molecule has 0 spiro atoms. The quantitative estimate of drug-likeness (QED) is 0.317. The van der Waals surface area contributed by atoms with E-state index in [-0.39, 0.29) is 12.3 Å². The molecule has 1 aromatic carbocycles. The van der Waals surface area contributed by atoms with Crippen LogP contribution in [0.4, 0.5) is 4.79 Å². The van der Waals surface area contributed by atoms with Crippen molar-refractivity contribution in [3.05, 3.63) is 78.4 Å². The zero-order chi connectivity index (χ0) is 25.8. The Morgan fingerprint density at radius 3 is 2.57 bits per heavy atom. The molecular weight excluding hydrogens is 466 g/mol. The van der Waals surface area contributed by atoms with Crippen molar-refractivity contribution >= 4 is 17.1 Å². The van der Waals surface area contributed by atoms with Crippen LogP contribution in [0.5, 0.6) is 0 Å². The van der Waals surface area contributed by atoms with Gasteiger partial charge in [-0.05, 0) is 63.3 Å². The summed E-state index contributed by atoms with van der Waals surface area (Å²) in [5, 5.41) is 5.51. The van der Waals surface area contributed by atoms with Gasteiger partial charge in [-0.2, -0.15) is 5.10 Å². The summed E-state index contributed by atoms with van der Waals surface area (Å²) in [6.45, 7) is 7.19. The minimum atomic E-state index is -0.583. The molecule has 8 nitrogen and oxygen atoms in total. The minimum absolute atomic E-state index is 0.0574. The molecule has 1 amide bonds. The van der Waals surface area contributed by atoms with Crippen molar-refractivity contribution in [3.63, 3.8) is 0 Å². The lowest BCUT2D eigenvalue weighted by Crippen LogP contribution is -2.36. The lowest BCUT2D eigenvalue weighted by atomic mass is 10.1. The number of rotatable bonds is 6. The van der Waals surface area contributed by atoms with E-state index in [1.165, 1.54) is 0 Å². The smallest absolute Gasteiger partial charge is 0.410 e. The molecule has 1 aliphatic rings. The van der Waals surface area contributed by atoms with Crippen molar-refractivity contribution in [3.8, 4) is 11.1 Å². The Morgan fingerprint density at radius 2 is 1.81 bits per heavy atom. The van der Waals surface area contributed by atoms with Crippen molar-refractivity contribution in [1.82, 2.24) is 24.6 Å². The topological polar surface area (TPSA) is 82.4 Å². The Kier molecular flexibility index (Phi) is 7.19. The summed E-state index contributed by atoms with van der Waals surface area (Å²) in [7, 11) is 0. The summed E-state index contributed by atoms with van der Waals surface area (Å²) < 4.78 is 13.5. The van der Waals surface area contributed by atoms with Gasteiger partial charge in [0, 0.05) is 48.3 Å². The zero-order valence-corrected chi connectivity index (χ0v) is 21.6. The predicted octanol–water partition coefficient (Wildman–Crippen LogP) is 6.13. The van der Waals surface area contributed by atoms with Crippen LogP contribution in [0.2, 0.25) is 0 Å². The SMILES string of the molecule is CC(C)(C)OC(=O)N(Cc1ccccc1)Cc1cncc(-c2cnc3c(cnn3C3CCCCO3)c2)c1. The molecule has 5 rings (SSSR count). The van der Waals surface area contributed by atoms with Crippen LogP contribution in [-0.4, -0.2) is 42.9 Å². The maximum absolute atomic E-state index is 13.1. The Labute approximate surface area is 217 Å². The fourth-order valence-electron chi connectivity index (χ4n) is 4.49. The van der Waals surface area contributed by atoms with Gasteiger partial charge in [-0.1, -0.05) is 30.3 Å². The first-order valence-electron chi connectivity index (χ1n) is 12.8. The molecule has 37 heavy (non-hydrogen) atoms. The van der Waals surface area contributed by atoms with Crippen LogP contribution >= 0.6 is 0 Å². The maximum Gasteiger partial charge on any atom is 0.410 e. The highest BCUT2D eigenvalue weighted by atomic mass is 16.6. The van der Waals surface area contributed by atoms with Crippen LogP contribution < -0.4 is 0 Å². The second kappa shape index (κ2) is 10.7. The fourth-order valence-corrected chi connectivity index (χ4v) is 4.49. The third-order valence-electron chi connectivity index (χ3n) is 6.23. The minimum Gasteiger partial charge on any atom is -0.444 e. The molecule has 1 saturated heterocycles. The van der Waals surface area contributed by atoms with E-state index >= 15 is 0 Å². The number of benzene rings is 1. The largest absolute Gasteiger partial charge is 0.444 e.